The molecule has 29 heavy (non-hydrogen) atoms. The fourth-order valence-electron chi connectivity index (χ4n) is 3.24. The van der Waals surface area contributed by atoms with Crippen LogP contribution in [0.2, 0.25) is 5.02 Å². The summed E-state index contributed by atoms with van der Waals surface area (Å²) < 4.78 is 38.3. The number of alkyl halides is 3. The van der Waals surface area contributed by atoms with Gasteiger partial charge in [-0.15, -0.1) is 0 Å². The zero-order chi connectivity index (χ0) is 21.2. The second kappa shape index (κ2) is 8.45. The van der Waals surface area contributed by atoms with Crippen molar-refractivity contribution in [2.24, 2.45) is 0 Å². The minimum Gasteiger partial charge on any atom is -0.352 e. The van der Waals surface area contributed by atoms with Gasteiger partial charge in [0.15, 0.2) is 0 Å². The van der Waals surface area contributed by atoms with Crippen molar-refractivity contribution in [1.82, 2.24) is 9.88 Å². The normalized spacial score (nSPS) is 15.2. The highest BCUT2D eigenvalue weighted by molar-refractivity contribution is 6.33. The summed E-state index contributed by atoms with van der Waals surface area (Å²) in [6, 6.07) is 6.92. The van der Waals surface area contributed by atoms with Gasteiger partial charge in [-0.25, -0.2) is 4.98 Å². The molecule has 0 radical (unpaired) electrons. The van der Waals surface area contributed by atoms with Crippen molar-refractivity contribution in [3.05, 3.63) is 63.8 Å². The van der Waals surface area contributed by atoms with Crippen LogP contribution in [0.15, 0.2) is 36.5 Å². The van der Waals surface area contributed by atoms with Gasteiger partial charge in [-0.05, 0) is 37.1 Å². The van der Waals surface area contributed by atoms with E-state index in [9.17, 15) is 18.0 Å². The minimum absolute atomic E-state index is 0.0469. The van der Waals surface area contributed by atoms with Gasteiger partial charge in [0.2, 0.25) is 5.91 Å². The third kappa shape index (κ3) is 5.09. The average molecular weight is 424 g/mol. The van der Waals surface area contributed by atoms with Crippen LogP contribution in [0.25, 0.3) is 6.08 Å². The smallest absolute Gasteiger partial charge is 0.352 e. The van der Waals surface area contributed by atoms with Crippen molar-refractivity contribution in [1.29, 1.82) is 0 Å². The molecule has 2 aromatic rings. The van der Waals surface area contributed by atoms with Crippen LogP contribution in [0.5, 0.6) is 0 Å². The summed E-state index contributed by atoms with van der Waals surface area (Å²) in [6.07, 6.45) is -0.345. The van der Waals surface area contributed by atoms with Crippen LogP contribution < -0.4 is 4.90 Å². The lowest BCUT2D eigenvalue weighted by Crippen LogP contribution is -2.48. The Morgan fingerprint density at radius 2 is 1.83 bits per heavy atom. The van der Waals surface area contributed by atoms with E-state index >= 15 is 0 Å². The van der Waals surface area contributed by atoms with E-state index in [-0.39, 0.29) is 10.9 Å². The summed E-state index contributed by atoms with van der Waals surface area (Å²) >= 11 is 6.02. The monoisotopic (exact) mass is 423 g/mol. The van der Waals surface area contributed by atoms with Gasteiger partial charge < -0.3 is 9.80 Å². The lowest BCUT2D eigenvalue weighted by Gasteiger charge is -2.35. The van der Waals surface area contributed by atoms with Crippen LogP contribution in [0.3, 0.4) is 0 Å². The number of benzene rings is 1. The van der Waals surface area contributed by atoms with E-state index < -0.39 is 11.7 Å². The van der Waals surface area contributed by atoms with E-state index in [1.165, 1.54) is 0 Å². The topological polar surface area (TPSA) is 36.4 Å². The van der Waals surface area contributed by atoms with Crippen LogP contribution in [0, 0.1) is 13.8 Å². The number of hydrogen-bond acceptors (Lipinski definition) is 3. The van der Waals surface area contributed by atoms with Crippen molar-refractivity contribution in [2.75, 3.05) is 31.1 Å². The van der Waals surface area contributed by atoms with Gasteiger partial charge in [0.25, 0.3) is 0 Å². The first kappa shape index (κ1) is 21.2. The third-order valence-corrected chi connectivity index (χ3v) is 5.15. The lowest BCUT2D eigenvalue weighted by atomic mass is 10.1. The fraction of sp³-hybridized carbons (Fsp3) is 0.333. The van der Waals surface area contributed by atoms with E-state index in [4.69, 9.17) is 11.6 Å². The molecule has 154 valence electrons. The Morgan fingerprint density at radius 3 is 2.41 bits per heavy atom. The molecule has 0 N–H and O–H groups in total. The van der Waals surface area contributed by atoms with Crippen molar-refractivity contribution in [3.63, 3.8) is 0 Å². The molecule has 0 unspecified atom stereocenters. The molecular weight excluding hydrogens is 403 g/mol. The number of rotatable bonds is 3. The molecule has 0 aliphatic carbocycles. The Kier molecular flexibility index (Phi) is 6.17. The van der Waals surface area contributed by atoms with Crippen LogP contribution in [0.1, 0.15) is 22.3 Å². The van der Waals surface area contributed by atoms with E-state index in [0.717, 1.165) is 29.0 Å². The highest BCUT2D eigenvalue weighted by Crippen LogP contribution is 2.33. The standard InChI is InChI=1S/C21H21ClF3N3O/c1-14-3-4-16(15(2)11-14)5-6-19(29)27-7-9-28(10-8-27)20-18(22)12-17(13-26-20)21(23,24)25/h3-6,11-13H,7-10H2,1-2H3/b6-5+. The van der Waals surface area contributed by atoms with Gasteiger partial charge in [-0.1, -0.05) is 35.4 Å². The molecule has 0 bridgehead atoms. The fourth-order valence-corrected chi connectivity index (χ4v) is 3.52. The molecule has 1 fully saturated rings. The lowest BCUT2D eigenvalue weighted by molar-refractivity contribution is -0.137. The van der Waals surface area contributed by atoms with Gasteiger partial charge in [-0.2, -0.15) is 13.2 Å². The third-order valence-electron chi connectivity index (χ3n) is 4.87. The number of hydrogen-bond donors (Lipinski definition) is 0. The number of aromatic nitrogens is 1. The van der Waals surface area contributed by atoms with Gasteiger partial charge >= 0.3 is 6.18 Å². The summed E-state index contributed by atoms with van der Waals surface area (Å²) in [5.74, 6) is 0.202. The number of halogens is 4. The summed E-state index contributed by atoms with van der Waals surface area (Å²) in [6.45, 7) is 5.78. The second-order valence-electron chi connectivity index (χ2n) is 7.03. The molecule has 8 heteroatoms. The molecule has 1 aromatic carbocycles. The molecule has 1 saturated heterocycles. The van der Waals surface area contributed by atoms with Crippen LogP contribution in [0.4, 0.5) is 19.0 Å². The van der Waals surface area contributed by atoms with Crippen LogP contribution in [-0.4, -0.2) is 42.0 Å². The summed E-state index contributed by atoms with van der Waals surface area (Å²) in [7, 11) is 0. The van der Waals surface area contributed by atoms with Gasteiger partial charge in [0, 0.05) is 38.5 Å². The largest absolute Gasteiger partial charge is 0.417 e. The zero-order valence-corrected chi connectivity index (χ0v) is 16.9. The molecule has 0 saturated carbocycles. The Labute approximate surface area is 172 Å². The van der Waals surface area contributed by atoms with Crippen molar-refractivity contribution in [2.45, 2.75) is 20.0 Å². The number of carbonyl (C=O) groups is 1. The molecule has 4 nitrogen and oxygen atoms in total. The Bertz CT molecular complexity index is 935. The Morgan fingerprint density at radius 1 is 1.14 bits per heavy atom. The average Bonchev–Trinajstić information content (AvgIpc) is 2.66. The highest BCUT2D eigenvalue weighted by Gasteiger charge is 2.32. The van der Waals surface area contributed by atoms with Crippen molar-refractivity contribution >= 4 is 29.4 Å². The van der Waals surface area contributed by atoms with Crippen molar-refractivity contribution < 1.29 is 18.0 Å². The predicted octanol–water partition coefficient (Wildman–Crippen LogP) is 4.73. The number of piperazine rings is 1. The maximum absolute atomic E-state index is 12.8. The summed E-state index contributed by atoms with van der Waals surface area (Å²) in [5.41, 5.74) is 2.37. The predicted molar refractivity (Wildman–Crippen MR) is 108 cm³/mol. The first-order chi connectivity index (χ1) is 13.6. The molecule has 0 atom stereocenters. The van der Waals surface area contributed by atoms with E-state index in [1.807, 2.05) is 26.0 Å². The SMILES string of the molecule is Cc1ccc(/C=C/C(=O)N2CCN(c3ncc(C(F)(F)F)cc3Cl)CC2)c(C)c1. The summed E-state index contributed by atoms with van der Waals surface area (Å²) in [5, 5.41) is -0.0469. The number of amides is 1. The zero-order valence-electron chi connectivity index (χ0n) is 16.1. The number of nitrogens with zero attached hydrogens (tertiary/aromatic N) is 3. The van der Waals surface area contributed by atoms with E-state index in [0.29, 0.717) is 32.0 Å². The first-order valence-corrected chi connectivity index (χ1v) is 9.55. The number of anilines is 1. The van der Waals surface area contributed by atoms with Crippen molar-refractivity contribution in [3.8, 4) is 0 Å². The molecule has 2 heterocycles. The number of carbonyl (C=O) groups excluding carboxylic acids is 1. The van der Waals surface area contributed by atoms with E-state index in [2.05, 4.69) is 11.1 Å². The summed E-state index contributed by atoms with van der Waals surface area (Å²) in [4.78, 5) is 19.9. The van der Waals surface area contributed by atoms with Crippen LogP contribution in [-0.2, 0) is 11.0 Å². The molecule has 1 aliphatic rings. The molecular formula is C21H21ClF3N3O. The molecule has 3 rings (SSSR count). The maximum atomic E-state index is 12.8. The number of aryl methyl sites for hydroxylation is 2. The molecule has 1 aliphatic heterocycles. The van der Waals surface area contributed by atoms with Gasteiger partial charge in [0.05, 0.1) is 10.6 Å². The Balaban J connectivity index is 1.61. The van der Waals surface area contributed by atoms with Gasteiger partial charge in [-0.3, -0.25) is 4.79 Å². The molecule has 0 spiro atoms. The first-order valence-electron chi connectivity index (χ1n) is 9.17. The van der Waals surface area contributed by atoms with Gasteiger partial charge in [0.1, 0.15) is 5.82 Å². The Hall–Kier alpha value is -2.54. The molecule has 1 aromatic heterocycles. The van der Waals surface area contributed by atoms with E-state index in [1.54, 1.807) is 22.0 Å². The highest BCUT2D eigenvalue weighted by atomic mass is 35.5. The van der Waals surface area contributed by atoms with Crippen LogP contribution >= 0.6 is 11.6 Å². The quantitative estimate of drug-likeness (QED) is 0.669. The minimum atomic E-state index is -4.48. The maximum Gasteiger partial charge on any atom is 0.417 e. The molecule has 1 amide bonds. The number of pyridine rings is 1. The second-order valence-corrected chi connectivity index (χ2v) is 7.44.